The molecular weight excluding hydrogens is 468 g/mol. The summed E-state index contributed by atoms with van der Waals surface area (Å²) in [5.41, 5.74) is 5.69. The maximum atomic E-state index is 13.2. The van der Waals surface area contributed by atoms with Gasteiger partial charge in [-0.2, -0.15) is 10.2 Å². The van der Waals surface area contributed by atoms with Gasteiger partial charge in [-0.15, -0.1) is 10.2 Å². The summed E-state index contributed by atoms with van der Waals surface area (Å²) in [7, 11) is 1.58. The molecule has 0 amide bonds. The quantitative estimate of drug-likeness (QED) is 0.307. The lowest BCUT2D eigenvalue weighted by Gasteiger charge is -2.23. The van der Waals surface area contributed by atoms with E-state index < -0.39 is 5.41 Å². The molecule has 0 saturated carbocycles. The topological polar surface area (TPSA) is 107 Å². The Kier molecular flexibility index (Phi) is 6.43. The summed E-state index contributed by atoms with van der Waals surface area (Å²) in [6.07, 6.45) is 2.28. The first-order valence-electron chi connectivity index (χ1n) is 12.0. The smallest absolute Gasteiger partial charge is 0.312 e. The van der Waals surface area contributed by atoms with E-state index in [0.29, 0.717) is 18.1 Å². The van der Waals surface area contributed by atoms with Gasteiger partial charge in [0.15, 0.2) is 0 Å². The Morgan fingerprint density at radius 1 is 1.05 bits per heavy atom. The number of aromatic nitrogens is 6. The van der Waals surface area contributed by atoms with Gasteiger partial charge in [0.05, 0.1) is 24.4 Å². The van der Waals surface area contributed by atoms with Gasteiger partial charge in [0, 0.05) is 5.56 Å². The highest BCUT2D eigenvalue weighted by Gasteiger charge is 2.30. The molecule has 188 valence electrons. The van der Waals surface area contributed by atoms with Crippen molar-refractivity contribution in [3.05, 3.63) is 83.7 Å². The van der Waals surface area contributed by atoms with Crippen LogP contribution in [-0.4, -0.2) is 43.1 Å². The molecule has 0 aliphatic heterocycles. The number of carbonyl (C=O) groups excluding carboxylic acids is 1. The number of aromatic amines is 1. The number of pyridine rings is 1. The molecule has 2 aromatic carbocycles. The third-order valence-corrected chi connectivity index (χ3v) is 6.39. The van der Waals surface area contributed by atoms with Crippen molar-refractivity contribution in [2.24, 2.45) is 5.41 Å². The second-order valence-electron chi connectivity index (χ2n) is 9.60. The van der Waals surface area contributed by atoms with Crippen molar-refractivity contribution in [3.63, 3.8) is 0 Å². The molecule has 0 unspecified atom stereocenters. The van der Waals surface area contributed by atoms with E-state index in [1.807, 2.05) is 85.8 Å². The maximum absolute atomic E-state index is 13.2. The maximum Gasteiger partial charge on any atom is 0.312 e. The van der Waals surface area contributed by atoms with Crippen molar-refractivity contribution in [2.75, 3.05) is 7.11 Å². The number of tetrazole rings is 1. The molecule has 3 heterocycles. The molecule has 37 heavy (non-hydrogen) atoms. The Hall–Kier alpha value is -4.53. The van der Waals surface area contributed by atoms with Gasteiger partial charge < -0.3 is 9.47 Å². The number of nitrogens with zero attached hydrogens (tertiary/aromatic N) is 5. The first-order chi connectivity index (χ1) is 17.9. The molecular formula is C28H28N6O3. The lowest BCUT2D eigenvalue weighted by atomic mass is 9.84. The number of imidazole rings is 1. The number of fused-ring (bicyclic) bond motifs is 1. The van der Waals surface area contributed by atoms with E-state index in [2.05, 4.69) is 25.6 Å². The Bertz CT molecular complexity index is 1540. The van der Waals surface area contributed by atoms with E-state index in [1.165, 1.54) is 0 Å². The number of methoxy groups -OCH3 is 1. The van der Waals surface area contributed by atoms with Crippen molar-refractivity contribution >= 4 is 11.6 Å². The third kappa shape index (κ3) is 4.93. The fourth-order valence-corrected chi connectivity index (χ4v) is 4.40. The Balaban J connectivity index is 1.36. The van der Waals surface area contributed by atoms with Crippen LogP contribution in [0.1, 0.15) is 30.7 Å². The lowest BCUT2D eigenvalue weighted by Crippen LogP contribution is -2.29. The van der Waals surface area contributed by atoms with Crippen molar-refractivity contribution in [1.82, 2.24) is 30.0 Å². The molecule has 0 saturated heterocycles. The molecule has 0 aliphatic rings. The summed E-state index contributed by atoms with van der Waals surface area (Å²) in [6.45, 7) is 5.88. The average molecular weight is 497 g/mol. The number of ether oxygens (including phenoxy) is 2. The lowest BCUT2D eigenvalue weighted by molar-refractivity contribution is -0.155. The predicted octanol–water partition coefficient (Wildman–Crippen LogP) is 4.81. The van der Waals surface area contributed by atoms with Crippen LogP contribution in [-0.2, 0) is 22.6 Å². The highest BCUT2D eigenvalue weighted by atomic mass is 16.5. The molecule has 0 atom stereocenters. The SMILES string of the molecule is COc1cn2c(COC(=O)C(C)(C)Cc3ccc(-c4ccccc4)c(-c4nn[nH]n4)c3)ccc(C)c2n1. The summed E-state index contributed by atoms with van der Waals surface area (Å²) < 4.78 is 13.0. The zero-order chi connectivity index (χ0) is 26.0. The highest BCUT2D eigenvalue weighted by molar-refractivity contribution is 5.81. The zero-order valence-electron chi connectivity index (χ0n) is 21.2. The van der Waals surface area contributed by atoms with Crippen molar-refractivity contribution < 1.29 is 14.3 Å². The number of H-pyrrole nitrogens is 1. The van der Waals surface area contributed by atoms with Crippen molar-refractivity contribution in [1.29, 1.82) is 0 Å². The van der Waals surface area contributed by atoms with Gasteiger partial charge in [0.1, 0.15) is 12.3 Å². The number of hydrogen-bond acceptors (Lipinski definition) is 7. The molecule has 0 radical (unpaired) electrons. The fourth-order valence-electron chi connectivity index (χ4n) is 4.40. The summed E-state index contributed by atoms with van der Waals surface area (Å²) in [4.78, 5) is 17.7. The fraction of sp³-hybridized carbons (Fsp3) is 0.250. The van der Waals surface area contributed by atoms with E-state index >= 15 is 0 Å². The number of rotatable bonds is 8. The summed E-state index contributed by atoms with van der Waals surface area (Å²) in [6, 6.07) is 20.0. The Morgan fingerprint density at radius 2 is 1.86 bits per heavy atom. The number of benzene rings is 2. The van der Waals surface area contributed by atoms with Crippen LogP contribution in [0.25, 0.3) is 28.2 Å². The minimum absolute atomic E-state index is 0.125. The number of aryl methyl sites for hydroxylation is 1. The minimum Gasteiger partial charge on any atom is -0.480 e. The van der Waals surface area contributed by atoms with Gasteiger partial charge in [-0.1, -0.05) is 48.5 Å². The third-order valence-electron chi connectivity index (χ3n) is 6.39. The summed E-state index contributed by atoms with van der Waals surface area (Å²) in [5.74, 6) is 0.723. The van der Waals surface area contributed by atoms with Gasteiger partial charge >= 0.3 is 5.97 Å². The molecule has 9 heteroatoms. The molecule has 5 rings (SSSR count). The first-order valence-corrected chi connectivity index (χ1v) is 12.0. The molecule has 0 aliphatic carbocycles. The highest BCUT2D eigenvalue weighted by Crippen LogP contribution is 2.33. The summed E-state index contributed by atoms with van der Waals surface area (Å²) >= 11 is 0. The zero-order valence-corrected chi connectivity index (χ0v) is 21.2. The average Bonchev–Trinajstić information content (AvgIpc) is 3.59. The van der Waals surface area contributed by atoms with E-state index in [1.54, 1.807) is 13.3 Å². The van der Waals surface area contributed by atoms with Gasteiger partial charge in [-0.3, -0.25) is 9.20 Å². The second kappa shape index (κ2) is 9.85. The van der Waals surface area contributed by atoms with Crippen LogP contribution >= 0.6 is 0 Å². The molecule has 0 bridgehead atoms. The van der Waals surface area contributed by atoms with E-state index in [-0.39, 0.29) is 12.6 Å². The normalized spacial score (nSPS) is 11.6. The van der Waals surface area contributed by atoms with Gasteiger partial charge in [0.2, 0.25) is 11.7 Å². The number of nitrogens with one attached hydrogen (secondary N) is 1. The molecule has 0 fully saturated rings. The number of hydrogen-bond donors (Lipinski definition) is 1. The minimum atomic E-state index is -0.765. The first kappa shape index (κ1) is 24.2. The van der Waals surface area contributed by atoms with E-state index in [9.17, 15) is 4.79 Å². The number of esters is 1. The van der Waals surface area contributed by atoms with Crippen LogP contribution in [0, 0.1) is 12.3 Å². The standard InChI is InChI=1S/C28H28N6O3/c1-18-10-12-21(34-16-24(36-4)29-26(18)34)17-37-27(35)28(2,3)15-19-11-13-22(20-8-6-5-7-9-20)23(14-19)25-30-32-33-31-25/h5-14,16H,15,17H2,1-4H3,(H,30,31,32,33). The Labute approximate surface area is 214 Å². The van der Waals surface area contributed by atoms with Crippen molar-refractivity contribution in [3.8, 4) is 28.4 Å². The molecule has 1 N–H and O–H groups in total. The van der Waals surface area contributed by atoms with Crippen molar-refractivity contribution in [2.45, 2.75) is 33.8 Å². The van der Waals surface area contributed by atoms with Gasteiger partial charge in [0.25, 0.3) is 0 Å². The van der Waals surface area contributed by atoms with Crippen LogP contribution in [0.15, 0.2) is 66.9 Å². The van der Waals surface area contributed by atoms with E-state index in [4.69, 9.17) is 9.47 Å². The second-order valence-corrected chi connectivity index (χ2v) is 9.60. The van der Waals surface area contributed by atoms with Crippen LogP contribution in [0.3, 0.4) is 0 Å². The number of carbonyl (C=O) groups is 1. The monoisotopic (exact) mass is 496 g/mol. The van der Waals surface area contributed by atoms with E-state index in [0.717, 1.165) is 39.2 Å². The molecule has 5 aromatic rings. The molecule has 0 spiro atoms. The van der Waals surface area contributed by atoms with Crippen LogP contribution in [0.2, 0.25) is 0 Å². The van der Waals surface area contributed by atoms with Crippen LogP contribution in [0.4, 0.5) is 0 Å². The summed E-state index contributed by atoms with van der Waals surface area (Å²) in [5, 5.41) is 14.6. The molecule has 9 nitrogen and oxygen atoms in total. The predicted molar refractivity (Wildman–Crippen MR) is 139 cm³/mol. The van der Waals surface area contributed by atoms with Crippen LogP contribution < -0.4 is 4.74 Å². The Morgan fingerprint density at radius 3 is 2.59 bits per heavy atom. The van der Waals surface area contributed by atoms with Gasteiger partial charge in [-0.05, 0) is 66.8 Å². The van der Waals surface area contributed by atoms with Gasteiger partial charge in [-0.25, -0.2) is 0 Å². The largest absolute Gasteiger partial charge is 0.480 e. The van der Waals surface area contributed by atoms with Crippen LogP contribution in [0.5, 0.6) is 5.88 Å². The molecule has 3 aromatic heterocycles.